The minimum Gasteiger partial charge on any atom is -0.495 e. The molecule has 3 aromatic carbocycles. The van der Waals surface area contributed by atoms with E-state index in [9.17, 15) is 14.9 Å². The van der Waals surface area contributed by atoms with Crippen LogP contribution in [0.25, 0.3) is 10.8 Å². The summed E-state index contributed by atoms with van der Waals surface area (Å²) in [5.74, 6) is 0.0554. The molecule has 2 heterocycles. The van der Waals surface area contributed by atoms with Crippen LogP contribution in [0.3, 0.4) is 0 Å². The number of amides is 1. The van der Waals surface area contributed by atoms with Gasteiger partial charge < -0.3 is 10.1 Å². The summed E-state index contributed by atoms with van der Waals surface area (Å²) >= 11 is 0. The molecule has 5 rings (SSSR count). The molecule has 0 aliphatic carbocycles. The molecule has 2 atom stereocenters. The van der Waals surface area contributed by atoms with Crippen molar-refractivity contribution in [2.24, 2.45) is 0 Å². The molecule has 2 fully saturated rings. The minimum atomic E-state index is -0.444. The van der Waals surface area contributed by atoms with Crippen molar-refractivity contribution in [3.8, 4) is 5.75 Å². The molecule has 34 heavy (non-hydrogen) atoms. The van der Waals surface area contributed by atoms with Crippen molar-refractivity contribution in [3.05, 3.63) is 81.9 Å². The van der Waals surface area contributed by atoms with Crippen LogP contribution in [-0.2, 0) is 6.54 Å². The number of nitrogens with one attached hydrogen (secondary N) is 1. The molecule has 0 radical (unpaired) electrons. The van der Waals surface area contributed by atoms with Gasteiger partial charge in [0, 0.05) is 36.1 Å². The van der Waals surface area contributed by atoms with Crippen LogP contribution in [0.5, 0.6) is 5.75 Å². The van der Waals surface area contributed by atoms with Crippen LogP contribution in [0.2, 0.25) is 0 Å². The van der Waals surface area contributed by atoms with Crippen LogP contribution in [0, 0.1) is 10.1 Å². The van der Waals surface area contributed by atoms with Crippen molar-refractivity contribution >= 4 is 34.8 Å². The number of nitrogens with zero attached hydrogens (tertiary/aromatic N) is 2. The summed E-state index contributed by atoms with van der Waals surface area (Å²) in [7, 11) is 1.49. The Kier molecular flexibility index (Phi) is 7.05. The van der Waals surface area contributed by atoms with Gasteiger partial charge in [-0.05, 0) is 37.3 Å². The Balaban J connectivity index is 0.00000274. The molecule has 3 aromatic rings. The molecule has 7 nitrogen and oxygen atoms in total. The van der Waals surface area contributed by atoms with E-state index in [0.29, 0.717) is 28.6 Å². The maximum absolute atomic E-state index is 13.3. The highest BCUT2D eigenvalue weighted by molar-refractivity contribution is 6.07. The van der Waals surface area contributed by atoms with Gasteiger partial charge in [0.05, 0.1) is 23.0 Å². The van der Waals surface area contributed by atoms with Crippen LogP contribution in [-0.4, -0.2) is 41.0 Å². The molecule has 2 bridgehead atoms. The number of carbonyl (C=O) groups excluding carboxylic acids is 1. The van der Waals surface area contributed by atoms with E-state index in [0.717, 1.165) is 32.2 Å². The number of ether oxygens (including phenoxy) is 1. The number of nitro groups is 1. The number of piperidine rings is 1. The van der Waals surface area contributed by atoms with Gasteiger partial charge in [0.1, 0.15) is 5.75 Å². The summed E-state index contributed by atoms with van der Waals surface area (Å²) in [5.41, 5.74) is 1.43. The Morgan fingerprint density at radius 2 is 1.68 bits per heavy atom. The van der Waals surface area contributed by atoms with E-state index in [1.807, 2.05) is 6.07 Å². The number of carbonyl (C=O) groups is 1. The number of benzene rings is 3. The fourth-order valence-corrected chi connectivity index (χ4v) is 5.58. The van der Waals surface area contributed by atoms with E-state index >= 15 is 0 Å². The van der Waals surface area contributed by atoms with Crippen molar-refractivity contribution in [3.63, 3.8) is 0 Å². The second-order valence-electron chi connectivity index (χ2n) is 8.96. The first-order valence-electron chi connectivity index (χ1n) is 11.4. The van der Waals surface area contributed by atoms with Gasteiger partial charge in [0.25, 0.3) is 11.6 Å². The Morgan fingerprint density at radius 1 is 1.06 bits per heavy atom. The first-order valence-corrected chi connectivity index (χ1v) is 11.4. The minimum absolute atomic E-state index is 0. The number of nitro benzene ring substituents is 1. The van der Waals surface area contributed by atoms with Gasteiger partial charge >= 0.3 is 0 Å². The maximum Gasteiger partial charge on any atom is 0.278 e. The number of halogens is 1. The lowest BCUT2D eigenvalue weighted by atomic mass is 9.95. The first kappa shape index (κ1) is 24.0. The van der Waals surface area contributed by atoms with Gasteiger partial charge in [-0.1, -0.05) is 48.5 Å². The van der Waals surface area contributed by atoms with E-state index in [4.69, 9.17) is 4.74 Å². The highest BCUT2D eigenvalue weighted by Crippen LogP contribution is 2.39. The number of fused-ring (bicyclic) bond motifs is 3. The molecular weight excluding hydrogens is 454 g/mol. The number of rotatable bonds is 6. The molecule has 2 saturated heterocycles. The first-order chi connectivity index (χ1) is 16.0. The second-order valence-corrected chi connectivity index (χ2v) is 8.96. The maximum atomic E-state index is 13.3. The predicted octanol–water partition coefficient (Wildman–Crippen LogP) is 5.10. The van der Waals surface area contributed by atoms with Crippen LogP contribution in [0.4, 0.5) is 5.69 Å². The smallest absolute Gasteiger partial charge is 0.278 e. The predicted molar refractivity (Wildman–Crippen MR) is 134 cm³/mol. The van der Waals surface area contributed by atoms with Gasteiger partial charge in [-0.15, -0.1) is 12.4 Å². The molecule has 0 saturated carbocycles. The fourth-order valence-electron chi connectivity index (χ4n) is 5.58. The molecule has 178 valence electrons. The van der Waals surface area contributed by atoms with E-state index in [1.165, 1.54) is 18.7 Å². The van der Waals surface area contributed by atoms with E-state index in [1.54, 1.807) is 24.3 Å². The Morgan fingerprint density at radius 3 is 2.29 bits per heavy atom. The van der Waals surface area contributed by atoms with Crippen molar-refractivity contribution in [1.82, 2.24) is 10.2 Å². The molecule has 0 aromatic heterocycles. The highest BCUT2D eigenvalue weighted by Gasteiger charge is 2.41. The third-order valence-corrected chi connectivity index (χ3v) is 7.05. The van der Waals surface area contributed by atoms with Gasteiger partial charge in [-0.2, -0.15) is 0 Å². The van der Waals surface area contributed by atoms with E-state index in [2.05, 4.69) is 34.5 Å². The normalized spacial score (nSPS) is 21.6. The van der Waals surface area contributed by atoms with Crippen molar-refractivity contribution in [2.75, 3.05) is 7.11 Å². The quantitative estimate of drug-likeness (QED) is 0.391. The fraction of sp³-hybridized carbons (Fsp3) is 0.346. The summed E-state index contributed by atoms with van der Waals surface area (Å²) in [4.78, 5) is 27.1. The second kappa shape index (κ2) is 9.99. The van der Waals surface area contributed by atoms with Gasteiger partial charge in [-0.25, -0.2) is 0 Å². The topological polar surface area (TPSA) is 84.7 Å². The van der Waals surface area contributed by atoms with Crippen LogP contribution < -0.4 is 10.1 Å². The molecule has 1 N–H and O–H groups in total. The Labute approximate surface area is 204 Å². The van der Waals surface area contributed by atoms with Gasteiger partial charge in [-0.3, -0.25) is 19.8 Å². The van der Waals surface area contributed by atoms with Crippen molar-refractivity contribution < 1.29 is 14.5 Å². The number of methoxy groups -OCH3 is 1. The van der Waals surface area contributed by atoms with E-state index in [-0.39, 0.29) is 35.6 Å². The summed E-state index contributed by atoms with van der Waals surface area (Å²) in [5, 5.41) is 15.9. The highest BCUT2D eigenvalue weighted by atomic mass is 35.5. The van der Waals surface area contributed by atoms with Crippen LogP contribution in [0.15, 0.2) is 60.7 Å². The average molecular weight is 482 g/mol. The summed E-state index contributed by atoms with van der Waals surface area (Å²) in [6, 6.07) is 19.7. The molecular formula is C26H28ClN3O4. The molecule has 1 amide bonds. The third kappa shape index (κ3) is 4.45. The summed E-state index contributed by atoms with van der Waals surface area (Å²) in [6.45, 7) is 0.932. The molecule has 0 spiro atoms. The van der Waals surface area contributed by atoms with Gasteiger partial charge in [0.2, 0.25) is 0 Å². The Bertz CT molecular complexity index is 1190. The summed E-state index contributed by atoms with van der Waals surface area (Å²) < 4.78 is 5.55. The molecule has 2 aliphatic heterocycles. The van der Waals surface area contributed by atoms with Gasteiger partial charge in [0.15, 0.2) is 0 Å². The molecule has 2 unspecified atom stereocenters. The standard InChI is InChI=1S/C26H27N3O4.ClH/c1-33-25-22-10-6-5-9-21(22)24(29(31)32)15-23(25)26(30)27-18-13-19-11-12-20(14-18)28(19)16-17-7-3-2-4-8-17;/h2-10,15,18-20H,11-14,16H2,1H3,(H,27,30);1H. The molecule has 8 heteroatoms. The van der Waals surface area contributed by atoms with Crippen LogP contribution >= 0.6 is 12.4 Å². The monoisotopic (exact) mass is 481 g/mol. The Hall–Kier alpha value is -3.16. The lowest BCUT2D eigenvalue weighted by Gasteiger charge is -2.39. The SMILES string of the molecule is COc1c(C(=O)NC2CC3CCC(C2)N3Cc2ccccc2)cc([N+](=O)[O-])c2ccccc12.Cl. The number of non-ortho nitro benzene ring substituents is 1. The van der Waals surface area contributed by atoms with Crippen LogP contribution in [0.1, 0.15) is 41.6 Å². The zero-order chi connectivity index (χ0) is 22.9. The average Bonchev–Trinajstić information content (AvgIpc) is 3.05. The van der Waals surface area contributed by atoms with Crippen molar-refractivity contribution in [1.29, 1.82) is 0 Å². The van der Waals surface area contributed by atoms with Crippen molar-refractivity contribution in [2.45, 2.75) is 50.4 Å². The zero-order valence-corrected chi connectivity index (χ0v) is 19.8. The lowest BCUT2D eigenvalue weighted by molar-refractivity contribution is -0.383. The molecule has 2 aliphatic rings. The number of hydrogen-bond donors (Lipinski definition) is 1. The largest absolute Gasteiger partial charge is 0.495 e. The lowest BCUT2D eigenvalue weighted by Crippen LogP contribution is -2.50. The van der Waals surface area contributed by atoms with E-state index < -0.39 is 4.92 Å². The zero-order valence-electron chi connectivity index (χ0n) is 19.0. The number of hydrogen-bond acceptors (Lipinski definition) is 5. The summed E-state index contributed by atoms with van der Waals surface area (Å²) in [6.07, 6.45) is 4.03. The third-order valence-electron chi connectivity index (χ3n) is 7.05.